The van der Waals surface area contributed by atoms with Crippen molar-refractivity contribution in [2.45, 2.75) is 13.0 Å². The molecule has 0 spiro atoms. The van der Waals surface area contributed by atoms with Crippen LogP contribution in [0.15, 0.2) is 84.9 Å². The van der Waals surface area contributed by atoms with E-state index in [0.29, 0.717) is 11.8 Å². The van der Waals surface area contributed by atoms with Gasteiger partial charge in [-0.15, -0.1) is 5.10 Å². The average Bonchev–Trinajstić information content (AvgIpc) is 3.39. The van der Waals surface area contributed by atoms with Crippen LogP contribution in [0.2, 0.25) is 0 Å². The molecule has 1 aliphatic rings. The number of nitrogens with zero attached hydrogens (tertiary/aromatic N) is 4. The number of carbonyl (C=O) groups excluding carboxylic acids is 1. The van der Waals surface area contributed by atoms with Crippen molar-refractivity contribution in [2.24, 2.45) is 0 Å². The van der Waals surface area contributed by atoms with Crippen molar-refractivity contribution >= 4 is 23.2 Å². The molecule has 1 aromatic heterocycles. The highest BCUT2D eigenvalue weighted by molar-refractivity contribution is 5.90. The second-order valence-electron chi connectivity index (χ2n) is 7.20. The molecule has 0 fully saturated rings. The molecule has 0 atom stereocenters. The van der Waals surface area contributed by atoms with Crippen LogP contribution in [0.5, 0.6) is 0 Å². The summed E-state index contributed by atoms with van der Waals surface area (Å²) in [5.41, 5.74) is 4.11. The van der Waals surface area contributed by atoms with Crippen LogP contribution in [-0.2, 0) is 17.8 Å². The summed E-state index contributed by atoms with van der Waals surface area (Å²) >= 11 is 0. The van der Waals surface area contributed by atoms with Crippen molar-refractivity contribution in [1.29, 1.82) is 0 Å². The van der Waals surface area contributed by atoms with E-state index in [2.05, 4.69) is 28.4 Å². The van der Waals surface area contributed by atoms with Crippen LogP contribution in [0, 0.1) is 0 Å². The molecule has 0 bridgehead atoms. The van der Waals surface area contributed by atoms with Crippen LogP contribution in [0.25, 0.3) is 11.4 Å². The monoisotopic (exact) mass is 395 g/mol. The first-order valence-electron chi connectivity index (χ1n) is 9.98. The highest BCUT2D eigenvalue weighted by atomic mass is 16.2. The second-order valence-corrected chi connectivity index (χ2v) is 7.20. The fraction of sp³-hybridized carbons (Fsp3) is 0.125. The Morgan fingerprint density at radius 2 is 1.60 bits per heavy atom. The largest absolute Gasteiger partial charge is 0.324 e. The van der Waals surface area contributed by atoms with Gasteiger partial charge >= 0.3 is 0 Å². The van der Waals surface area contributed by atoms with Crippen molar-refractivity contribution in [3.8, 4) is 11.4 Å². The molecule has 5 rings (SSSR count). The van der Waals surface area contributed by atoms with E-state index in [0.717, 1.165) is 29.9 Å². The standard InChI is InChI=1S/C24H21N5O/c30-22(25-20-12-5-2-6-13-20)17-29-23(19-10-3-1-4-11-19)26-24(27-29)28-16-15-18-9-7-8-14-21(18)28/h1-14H,15-17H2,(H,25,30). The third-order valence-electron chi connectivity index (χ3n) is 5.17. The van der Waals surface area contributed by atoms with E-state index >= 15 is 0 Å². The Bertz CT molecular complexity index is 1170. The van der Waals surface area contributed by atoms with E-state index < -0.39 is 0 Å². The lowest BCUT2D eigenvalue weighted by atomic mass is 10.2. The number of aromatic nitrogens is 3. The summed E-state index contributed by atoms with van der Waals surface area (Å²) in [4.78, 5) is 19.6. The predicted molar refractivity (Wildman–Crippen MR) is 118 cm³/mol. The molecule has 1 aliphatic heterocycles. The van der Waals surface area contributed by atoms with E-state index in [4.69, 9.17) is 10.1 Å². The lowest BCUT2D eigenvalue weighted by Gasteiger charge is -2.14. The van der Waals surface area contributed by atoms with E-state index in [1.807, 2.05) is 66.7 Å². The van der Waals surface area contributed by atoms with Gasteiger partial charge in [0.1, 0.15) is 6.54 Å². The van der Waals surface area contributed by atoms with Gasteiger partial charge in [-0.2, -0.15) is 4.98 Å². The minimum absolute atomic E-state index is 0.0849. The Morgan fingerprint density at radius 1 is 0.900 bits per heavy atom. The fourth-order valence-electron chi connectivity index (χ4n) is 3.76. The molecule has 0 radical (unpaired) electrons. The molecule has 6 heteroatoms. The van der Waals surface area contributed by atoms with E-state index in [1.165, 1.54) is 5.56 Å². The van der Waals surface area contributed by atoms with Crippen LogP contribution in [0.3, 0.4) is 0 Å². The van der Waals surface area contributed by atoms with Crippen molar-refractivity contribution < 1.29 is 4.79 Å². The van der Waals surface area contributed by atoms with Gasteiger partial charge in [0.2, 0.25) is 11.9 Å². The molecule has 3 aromatic carbocycles. The quantitative estimate of drug-likeness (QED) is 0.548. The molecule has 0 saturated heterocycles. The summed E-state index contributed by atoms with van der Waals surface area (Å²) in [6.07, 6.45) is 0.958. The number of anilines is 3. The highest BCUT2D eigenvalue weighted by Gasteiger charge is 2.25. The molecule has 30 heavy (non-hydrogen) atoms. The Morgan fingerprint density at radius 3 is 2.40 bits per heavy atom. The smallest absolute Gasteiger partial charge is 0.249 e. The van der Waals surface area contributed by atoms with Crippen molar-refractivity contribution in [3.63, 3.8) is 0 Å². The van der Waals surface area contributed by atoms with Crippen LogP contribution in [-0.4, -0.2) is 27.2 Å². The zero-order valence-electron chi connectivity index (χ0n) is 16.4. The van der Waals surface area contributed by atoms with Crippen LogP contribution < -0.4 is 10.2 Å². The first-order valence-corrected chi connectivity index (χ1v) is 9.98. The van der Waals surface area contributed by atoms with Gasteiger partial charge in [-0.1, -0.05) is 66.7 Å². The number of amides is 1. The Labute approximate surface area is 174 Å². The van der Waals surface area contributed by atoms with Gasteiger partial charge in [-0.25, -0.2) is 4.68 Å². The highest BCUT2D eigenvalue weighted by Crippen LogP contribution is 2.33. The van der Waals surface area contributed by atoms with Crippen molar-refractivity contribution in [3.05, 3.63) is 90.5 Å². The van der Waals surface area contributed by atoms with Crippen LogP contribution in [0.4, 0.5) is 17.3 Å². The molecule has 1 N–H and O–H groups in total. The van der Waals surface area contributed by atoms with Crippen molar-refractivity contribution in [2.75, 3.05) is 16.8 Å². The van der Waals surface area contributed by atoms with Crippen LogP contribution in [0.1, 0.15) is 5.56 Å². The first-order chi connectivity index (χ1) is 14.8. The predicted octanol–water partition coefficient (Wildman–Crippen LogP) is 4.28. The summed E-state index contributed by atoms with van der Waals surface area (Å²) in [5, 5.41) is 7.64. The molecule has 0 aliphatic carbocycles. The zero-order chi connectivity index (χ0) is 20.3. The number of rotatable bonds is 5. The number of fused-ring (bicyclic) bond motifs is 1. The van der Waals surface area contributed by atoms with Gasteiger partial charge in [-0.3, -0.25) is 4.79 Å². The molecule has 1 amide bonds. The number of nitrogens with one attached hydrogen (secondary N) is 1. The summed E-state index contributed by atoms with van der Waals surface area (Å²) in [6, 6.07) is 27.6. The molecule has 0 saturated carbocycles. The van der Waals surface area contributed by atoms with Gasteiger partial charge in [-0.05, 0) is 30.2 Å². The van der Waals surface area contributed by atoms with Gasteiger partial charge in [0.25, 0.3) is 0 Å². The summed E-state index contributed by atoms with van der Waals surface area (Å²) in [6.45, 7) is 0.912. The Balaban J connectivity index is 1.48. The summed E-state index contributed by atoms with van der Waals surface area (Å²) < 4.78 is 1.68. The Hall–Kier alpha value is -3.93. The topological polar surface area (TPSA) is 63.1 Å². The van der Waals surface area contributed by atoms with Gasteiger partial charge in [0, 0.05) is 23.5 Å². The van der Waals surface area contributed by atoms with Crippen LogP contribution >= 0.6 is 0 Å². The fourth-order valence-corrected chi connectivity index (χ4v) is 3.76. The first kappa shape index (κ1) is 18.1. The number of hydrogen-bond acceptors (Lipinski definition) is 4. The number of carbonyl (C=O) groups is 1. The number of benzene rings is 3. The maximum Gasteiger partial charge on any atom is 0.249 e. The normalized spacial score (nSPS) is 12.6. The maximum atomic E-state index is 12.7. The third kappa shape index (κ3) is 3.55. The molecule has 6 nitrogen and oxygen atoms in total. The van der Waals surface area contributed by atoms with Gasteiger partial charge in [0.15, 0.2) is 5.82 Å². The summed E-state index contributed by atoms with van der Waals surface area (Å²) in [5.74, 6) is 1.15. The lowest BCUT2D eigenvalue weighted by Crippen LogP contribution is -2.21. The SMILES string of the molecule is O=C(Cn1nc(N2CCc3ccccc32)nc1-c1ccccc1)Nc1ccccc1. The molecular weight excluding hydrogens is 374 g/mol. The minimum atomic E-state index is -0.142. The van der Waals surface area contributed by atoms with Gasteiger partial charge < -0.3 is 10.2 Å². The average molecular weight is 395 g/mol. The molecule has 148 valence electrons. The van der Waals surface area contributed by atoms with Gasteiger partial charge in [0.05, 0.1) is 0 Å². The second kappa shape index (κ2) is 7.83. The van der Waals surface area contributed by atoms with Crippen molar-refractivity contribution in [1.82, 2.24) is 14.8 Å². The van der Waals surface area contributed by atoms with E-state index in [-0.39, 0.29) is 12.5 Å². The summed E-state index contributed by atoms with van der Waals surface area (Å²) in [7, 11) is 0. The molecule has 2 heterocycles. The maximum absolute atomic E-state index is 12.7. The molecular formula is C24H21N5O. The number of hydrogen-bond donors (Lipinski definition) is 1. The third-order valence-corrected chi connectivity index (χ3v) is 5.17. The Kier molecular flexibility index (Phi) is 4.73. The number of para-hydroxylation sites is 2. The molecule has 0 unspecified atom stereocenters. The minimum Gasteiger partial charge on any atom is -0.324 e. The van der Waals surface area contributed by atoms with E-state index in [9.17, 15) is 4.79 Å². The van der Waals surface area contributed by atoms with E-state index in [1.54, 1.807) is 4.68 Å². The zero-order valence-corrected chi connectivity index (χ0v) is 16.4. The molecule has 4 aromatic rings. The lowest BCUT2D eigenvalue weighted by molar-refractivity contribution is -0.116.